The number of carbonyl (C=O) groups excluding carboxylic acids is 1. The van der Waals surface area contributed by atoms with E-state index in [1.165, 1.54) is 24.3 Å². The molecule has 0 N–H and O–H groups in total. The molecule has 0 aliphatic rings. The lowest BCUT2D eigenvalue weighted by atomic mass is 10.1. The maximum Gasteiger partial charge on any atom is 0.343 e. The zero-order chi connectivity index (χ0) is 14.5. The Balaban J connectivity index is 2.14. The van der Waals surface area contributed by atoms with Gasteiger partial charge in [0.15, 0.2) is 0 Å². The predicted molar refractivity (Wildman–Crippen MR) is 73.9 cm³/mol. The Hall–Kier alpha value is -2.69. The normalized spacial score (nSPS) is 10.1. The molecule has 0 radical (unpaired) electrons. The Morgan fingerprint density at radius 2 is 1.90 bits per heavy atom. The fourth-order valence-corrected chi connectivity index (χ4v) is 1.70. The van der Waals surface area contributed by atoms with Gasteiger partial charge < -0.3 is 4.74 Å². The van der Waals surface area contributed by atoms with Crippen molar-refractivity contribution in [3.05, 3.63) is 69.8 Å². The monoisotopic (exact) mass is 271 g/mol. The number of non-ortho nitro benzene ring substituents is 1. The summed E-state index contributed by atoms with van der Waals surface area (Å²) in [6.07, 6.45) is 0.889. The number of nitro benzene ring substituents is 1. The molecule has 5 nitrogen and oxygen atoms in total. The Kier molecular flexibility index (Phi) is 4.10. The van der Waals surface area contributed by atoms with Crippen LogP contribution in [0.1, 0.15) is 22.8 Å². The number of hydrogen-bond acceptors (Lipinski definition) is 4. The lowest BCUT2D eigenvalue weighted by molar-refractivity contribution is -0.384. The van der Waals surface area contributed by atoms with Crippen molar-refractivity contribution in [2.45, 2.75) is 13.3 Å². The van der Waals surface area contributed by atoms with Crippen molar-refractivity contribution in [2.24, 2.45) is 0 Å². The predicted octanol–water partition coefficient (Wildman–Crippen LogP) is 3.38. The van der Waals surface area contributed by atoms with Gasteiger partial charge in [0.05, 0.1) is 16.6 Å². The number of carbonyl (C=O) groups is 1. The van der Waals surface area contributed by atoms with E-state index in [2.05, 4.69) is 0 Å². The number of aryl methyl sites for hydroxylation is 1. The van der Waals surface area contributed by atoms with E-state index < -0.39 is 10.9 Å². The summed E-state index contributed by atoms with van der Waals surface area (Å²) in [7, 11) is 0. The van der Waals surface area contributed by atoms with E-state index in [0.717, 1.165) is 12.0 Å². The molecule has 0 amide bonds. The van der Waals surface area contributed by atoms with Crippen LogP contribution < -0.4 is 4.74 Å². The van der Waals surface area contributed by atoms with Gasteiger partial charge in [-0.05, 0) is 30.2 Å². The average Bonchev–Trinajstić information content (AvgIpc) is 2.47. The van der Waals surface area contributed by atoms with Crippen molar-refractivity contribution in [3.8, 4) is 5.75 Å². The first-order valence-electron chi connectivity index (χ1n) is 6.15. The third kappa shape index (κ3) is 3.20. The van der Waals surface area contributed by atoms with Crippen molar-refractivity contribution < 1.29 is 14.5 Å². The zero-order valence-electron chi connectivity index (χ0n) is 10.9. The molecule has 0 saturated heterocycles. The summed E-state index contributed by atoms with van der Waals surface area (Å²) in [4.78, 5) is 22.0. The number of benzene rings is 2. The second-order valence-electron chi connectivity index (χ2n) is 4.19. The first-order valence-corrected chi connectivity index (χ1v) is 6.15. The van der Waals surface area contributed by atoms with E-state index >= 15 is 0 Å². The van der Waals surface area contributed by atoms with Gasteiger partial charge in [-0.15, -0.1) is 0 Å². The average molecular weight is 271 g/mol. The van der Waals surface area contributed by atoms with Gasteiger partial charge in [0.2, 0.25) is 0 Å². The molecule has 0 aromatic heterocycles. The fourth-order valence-electron chi connectivity index (χ4n) is 1.70. The molecule has 102 valence electrons. The van der Waals surface area contributed by atoms with Crippen LogP contribution in [0.25, 0.3) is 0 Å². The van der Waals surface area contributed by atoms with E-state index in [4.69, 9.17) is 4.74 Å². The minimum atomic E-state index is -0.534. The molecule has 0 fully saturated rings. The van der Waals surface area contributed by atoms with Gasteiger partial charge in [0.25, 0.3) is 5.69 Å². The SMILES string of the molecule is CCc1ccc(C(=O)Oc2cccc([N+](=O)[O-])c2)cc1. The van der Waals surface area contributed by atoms with Crippen molar-refractivity contribution in [1.29, 1.82) is 0 Å². The molecule has 0 aliphatic heterocycles. The quantitative estimate of drug-likeness (QED) is 0.370. The lowest BCUT2D eigenvalue weighted by Gasteiger charge is -2.04. The third-order valence-corrected chi connectivity index (χ3v) is 2.84. The van der Waals surface area contributed by atoms with Crippen LogP contribution in [0.5, 0.6) is 5.75 Å². The standard InChI is InChI=1S/C15H13NO4/c1-2-11-6-8-12(9-7-11)15(17)20-14-5-3-4-13(10-14)16(18)19/h3-10H,2H2,1H3. The number of nitrogens with zero attached hydrogens (tertiary/aromatic N) is 1. The van der Waals surface area contributed by atoms with Crippen LogP contribution in [0.15, 0.2) is 48.5 Å². The van der Waals surface area contributed by atoms with Gasteiger partial charge in [-0.25, -0.2) is 4.79 Å². The smallest absolute Gasteiger partial charge is 0.343 e. The van der Waals surface area contributed by atoms with Crippen molar-refractivity contribution in [2.75, 3.05) is 0 Å². The summed E-state index contributed by atoms with van der Waals surface area (Å²) in [5.74, 6) is -0.378. The lowest BCUT2D eigenvalue weighted by Crippen LogP contribution is -2.08. The maximum absolute atomic E-state index is 11.9. The molecule has 0 spiro atoms. The fraction of sp³-hybridized carbons (Fsp3) is 0.133. The Bertz CT molecular complexity index is 635. The number of hydrogen-bond donors (Lipinski definition) is 0. The summed E-state index contributed by atoms with van der Waals surface area (Å²) in [5.41, 5.74) is 1.42. The molecule has 2 aromatic rings. The molecule has 0 heterocycles. The molecule has 2 aromatic carbocycles. The molecular formula is C15H13NO4. The second kappa shape index (κ2) is 5.97. The van der Waals surface area contributed by atoms with E-state index in [9.17, 15) is 14.9 Å². The third-order valence-electron chi connectivity index (χ3n) is 2.84. The van der Waals surface area contributed by atoms with Crippen LogP contribution in [0, 0.1) is 10.1 Å². The van der Waals surface area contributed by atoms with Crippen LogP contribution in [0.4, 0.5) is 5.69 Å². The van der Waals surface area contributed by atoms with Crippen molar-refractivity contribution in [3.63, 3.8) is 0 Å². The molecule has 0 atom stereocenters. The largest absolute Gasteiger partial charge is 0.423 e. The minimum Gasteiger partial charge on any atom is -0.423 e. The van der Waals surface area contributed by atoms with Gasteiger partial charge in [-0.2, -0.15) is 0 Å². The molecule has 5 heteroatoms. The highest BCUT2D eigenvalue weighted by Crippen LogP contribution is 2.20. The van der Waals surface area contributed by atoms with E-state index in [1.807, 2.05) is 19.1 Å². The first-order chi connectivity index (χ1) is 9.60. The van der Waals surface area contributed by atoms with Gasteiger partial charge in [-0.1, -0.05) is 25.1 Å². The van der Waals surface area contributed by atoms with E-state index in [-0.39, 0.29) is 11.4 Å². The summed E-state index contributed by atoms with van der Waals surface area (Å²) in [6.45, 7) is 2.02. The molecule has 0 bridgehead atoms. The number of rotatable bonds is 4. The van der Waals surface area contributed by atoms with Gasteiger partial charge in [0, 0.05) is 6.07 Å². The molecule has 2 rings (SSSR count). The molecule has 0 saturated carbocycles. The maximum atomic E-state index is 11.9. The molecule has 20 heavy (non-hydrogen) atoms. The molecule has 0 aliphatic carbocycles. The van der Waals surface area contributed by atoms with Gasteiger partial charge >= 0.3 is 5.97 Å². The number of ether oxygens (including phenoxy) is 1. The Labute approximate surface area is 116 Å². The summed E-state index contributed by atoms with van der Waals surface area (Å²) >= 11 is 0. The summed E-state index contributed by atoms with van der Waals surface area (Å²) < 4.78 is 5.12. The van der Waals surface area contributed by atoms with E-state index in [0.29, 0.717) is 5.56 Å². The first kappa shape index (κ1) is 13.7. The summed E-state index contributed by atoms with van der Waals surface area (Å²) in [5, 5.41) is 10.6. The van der Waals surface area contributed by atoms with Crippen LogP contribution in [-0.2, 0) is 6.42 Å². The minimum absolute atomic E-state index is 0.114. The van der Waals surface area contributed by atoms with Gasteiger partial charge in [0.1, 0.15) is 5.75 Å². The van der Waals surface area contributed by atoms with E-state index in [1.54, 1.807) is 12.1 Å². The van der Waals surface area contributed by atoms with Crippen LogP contribution in [0.3, 0.4) is 0 Å². The molecule has 0 unspecified atom stereocenters. The number of esters is 1. The second-order valence-corrected chi connectivity index (χ2v) is 4.19. The summed E-state index contributed by atoms with van der Waals surface area (Å²) in [6, 6.07) is 12.6. The number of nitro groups is 1. The Morgan fingerprint density at radius 1 is 1.20 bits per heavy atom. The highest BCUT2D eigenvalue weighted by atomic mass is 16.6. The van der Waals surface area contributed by atoms with Crippen molar-refractivity contribution in [1.82, 2.24) is 0 Å². The van der Waals surface area contributed by atoms with Crippen molar-refractivity contribution >= 4 is 11.7 Å². The van der Waals surface area contributed by atoms with Crippen LogP contribution in [0.2, 0.25) is 0 Å². The highest BCUT2D eigenvalue weighted by molar-refractivity contribution is 5.91. The van der Waals surface area contributed by atoms with Crippen LogP contribution >= 0.6 is 0 Å². The topological polar surface area (TPSA) is 69.4 Å². The Morgan fingerprint density at radius 3 is 2.50 bits per heavy atom. The highest BCUT2D eigenvalue weighted by Gasteiger charge is 2.11. The molecular weight excluding hydrogens is 258 g/mol. The zero-order valence-corrected chi connectivity index (χ0v) is 10.9. The van der Waals surface area contributed by atoms with Crippen LogP contribution in [-0.4, -0.2) is 10.9 Å². The van der Waals surface area contributed by atoms with Gasteiger partial charge in [-0.3, -0.25) is 10.1 Å².